The Hall–Kier alpha value is 0.922. The van der Waals surface area contributed by atoms with Crippen LogP contribution in [0.15, 0.2) is 0 Å². The van der Waals surface area contributed by atoms with Crippen molar-refractivity contribution >= 4 is 0 Å². The van der Waals surface area contributed by atoms with Crippen molar-refractivity contribution in [1.82, 2.24) is 0 Å². The Morgan fingerprint density at radius 1 is 1.00 bits per heavy atom. The molecule has 0 heterocycles. The molecule has 1 heteroatoms. The Bertz CT molecular complexity index is 8.66. The molecule has 0 fully saturated rings. The molecule has 0 aromatic rings. The first-order valence-electron chi connectivity index (χ1n) is 1.50. The molecule has 0 N–H and O–H groups in total. The smallest absolute Gasteiger partial charge is 0.358 e. The standard InChI is InChI=1S/C4H9.CH3.Cd/c1-4(2)3;;/h1-3H3;1H3;/q2*-1;+2. The van der Waals surface area contributed by atoms with Crippen molar-refractivity contribution in [3.8, 4) is 0 Å². The minimum Gasteiger partial charge on any atom is -0.358 e. The van der Waals surface area contributed by atoms with Crippen LogP contribution in [0.25, 0.3) is 0 Å². The predicted octanol–water partition coefficient (Wildman–Crippen LogP) is 2.07. The molecule has 0 nitrogen and oxygen atoms in total. The normalized spacial score (nSPS) is 6.00. The molecule has 0 aliphatic rings. The monoisotopic (exact) mass is 186 g/mol. The summed E-state index contributed by atoms with van der Waals surface area (Å²) in [5, 5.41) is 0. The Labute approximate surface area is 61.5 Å². The Kier molecular flexibility index (Phi) is 24.5. The molecule has 0 unspecified atom stereocenters. The van der Waals surface area contributed by atoms with E-state index in [0.717, 1.165) is 0 Å². The van der Waals surface area contributed by atoms with E-state index in [4.69, 9.17) is 0 Å². The molecule has 0 aliphatic heterocycles. The maximum Gasteiger partial charge on any atom is 2.00 e. The Morgan fingerprint density at radius 3 is 1.00 bits per heavy atom. The maximum atomic E-state index is 2.08. The van der Waals surface area contributed by atoms with Gasteiger partial charge >= 0.3 is 27.3 Å². The fourth-order valence-corrected chi connectivity index (χ4v) is 0. The van der Waals surface area contributed by atoms with Crippen LogP contribution in [0.2, 0.25) is 0 Å². The van der Waals surface area contributed by atoms with Crippen LogP contribution in [-0.2, 0) is 27.3 Å². The van der Waals surface area contributed by atoms with Gasteiger partial charge in [-0.2, -0.15) is 20.8 Å². The third-order valence-electron chi connectivity index (χ3n) is 0. The molecule has 0 saturated heterocycles. The predicted molar refractivity (Wildman–Crippen MR) is 26.7 cm³/mol. The van der Waals surface area contributed by atoms with Crippen molar-refractivity contribution in [2.45, 2.75) is 20.8 Å². The van der Waals surface area contributed by atoms with E-state index < -0.39 is 0 Å². The molecule has 0 aliphatic carbocycles. The summed E-state index contributed by atoms with van der Waals surface area (Å²) in [6, 6.07) is 0. The number of rotatable bonds is 0. The molecule has 0 amide bonds. The fraction of sp³-hybridized carbons (Fsp3) is 0.600. The third-order valence-corrected chi connectivity index (χ3v) is 0. The van der Waals surface area contributed by atoms with Crippen LogP contribution < -0.4 is 0 Å². The zero-order valence-electron chi connectivity index (χ0n) is 5.21. The van der Waals surface area contributed by atoms with Crippen molar-refractivity contribution in [3.63, 3.8) is 0 Å². The van der Waals surface area contributed by atoms with Gasteiger partial charge in [0.05, 0.1) is 0 Å². The van der Waals surface area contributed by atoms with Gasteiger partial charge < -0.3 is 13.3 Å². The van der Waals surface area contributed by atoms with E-state index in [-0.39, 0.29) is 34.7 Å². The van der Waals surface area contributed by atoms with Gasteiger partial charge in [0.2, 0.25) is 0 Å². The molecule has 34 valence electrons. The summed E-state index contributed by atoms with van der Waals surface area (Å²) in [4.78, 5) is 0. The number of hydrogen-bond acceptors (Lipinski definition) is 0. The average molecular weight is 185 g/mol. The summed E-state index contributed by atoms with van der Waals surface area (Å²) in [5.74, 6) is 1.42. The van der Waals surface area contributed by atoms with E-state index in [1.807, 2.05) is 0 Å². The van der Waals surface area contributed by atoms with Gasteiger partial charge in [0.1, 0.15) is 0 Å². The van der Waals surface area contributed by atoms with E-state index in [1.165, 1.54) is 5.92 Å². The summed E-state index contributed by atoms with van der Waals surface area (Å²) in [6.45, 7) is 6.25. The summed E-state index contributed by atoms with van der Waals surface area (Å²) >= 11 is 0. The van der Waals surface area contributed by atoms with Gasteiger partial charge in [-0.15, -0.1) is 0 Å². The van der Waals surface area contributed by atoms with Crippen molar-refractivity contribution in [2.24, 2.45) is 0 Å². The van der Waals surface area contributed by atoms with Crippen molar-refractivity contribution in [2.75, 3.05) is 0 Å². The molecule has 0 aromatic heterocycles. The van der Waals surface area contributed by atoms with Crippen molar-refractivity contribution in [3.05, 3.63) is 13.3 Å². The van der Waals surface area contributed by atoms with Crippen LogP contribution in [0, 0.1) is 13.3 Å². The first-order valence-corrected chi connectivity index (χ1v) is 1.50. The molecule has 0 atom stereocenters. The minimum absolute atomic E-state index is 0. The molecule has 0 aromatic carbocycles. The van der Waals surface area contributed by atoms with Crippen LogP contribution in [0.1, 0.15) is 20.8 Å². The van der Waals surface area contributed by atoms with Crippen LogP contribution in [-0.4, -0.2) is 0 Å². The van der Waals surface area contributed by atoms with Gasteiger partial charge in [0, 0.05) is 0 Å². The molecule has 0 saturated carbocycles. The second-order valence-corrected chi connectivity index (χ2v) is 1.50. The first-order chi connectivity index (χ1) is 1.73. The Morgan fingerprint density at radius 2 is 1.00 bits per heavy atom. The SMILES string of the molecule is C[C-](C)C.[CH3-].[Cd+2]. The second kappa shape index (κ2) is 9.33. The molecule has 0 rings (SSSR count). The van der Waals surface area contributed by atoms with Gasteiger partial charge in [-0.05, 0) is 0 Å². The van der Waals surface area contributed by atoms with Gasteiger partial charge in [0.15, 0.2) is 0 Å². The van der Waals surface area contributed by atoms with Crippen LogP contribution in [0.3, 0.4) is 0 Å². The fourth-order valence-electron chi connectivity index (χ4n) is 0. The molecule has 0 bridgehead atoms. The third kappa shape index (κ3) is 89.1. The van der Waals surface area contributed by atoms with Crippen molar-refractivity contribution < 1.29 is 27.3 Å². The second-order valence-electron chi connectivity index (χ2n) is 1.50. The summed E-state index contributed by atoms with van der Waals surface area (Å²) < 4.78 is 0. The Balaban J connectivity index is -0.0000000450. The van der Waals surface area contributed by atoms with E-state index in [1.54, 1.807) is 0 Å². The molecular formula is C5H12Cd. The minimum atomic E-state index is 0. The largest absolute Gasteiger partial charge is 2.00 e. The molecular weight excluding hydrogens is 172 g/mol. The van der Waals surface area contributed by atoms with E-state index in [0.29, 0.717) is 0 Å². The van der Waals surface area contributed by atoms with Crippen LogP contribution in [0.5, 0.6) is 0 Å². The van der Waals surface area contributed by atoms with Gasteiger partial charge in [-0.25, -0.2) is 0 Å². The van der Waals surface area contributed by atoms with Gasteiger partial charge in [-0.3, -0.25) is 0 Å². The summed E-state index contributed by atoms with van der Waals surface area (Å²) in [5.41, 5.74) is 0. The molecule has 6 heavy (non-hydrogen) atoms. The van der Waals surface area contributed by atoms with E-state index in [9.17, 15) is 0 Å². The molecule has 0 radical (unpaired) electrons. The van der Waals surface area contributed by atoms with Crippen LogP contribution in [0.4, 0.5) is 0 Å². The topological polar surface area (TPSA) is 0 Å². The number of hydrogen-bond donors (Lipinski definition) is 0. The quantitative estimate of drug-likeness (QED) is 0.399. The van der Waals surface area contributed by atoms with Crippen molar-refractivity contribution in [1.29, 1.82) is 0 Å². The zero-order valence-corrected chi connectivity index (χ0v) is 9.24. The first kappa shape index (κ1) is 15.8. The maximum absolute atomic E-state index is 2.08. The van der Waals surface area contributed by atoms with E-state index in [2.05, 4.69) is 20.8 Å². The van der Waals surface area contributed by atoms with Gasteiger partial charge in [0.25, 0.3) is 0 Å². The molecule has 0 spiro atoms. The summed E-state index contributed by atoms with van der Waals surface area (Å²) in [7, 11) is 0. The average Bonchev–Trinajstić information content (AvgIpc) is 0.811. The summed E-state index contributed by atoms with van der Waals surface area (Å²) in [6.07, 6.45) is 0. The van der Waals surface area contributed by atoms with Crippen LogP contribution >= 0.6 is 0 Å². The van der Waals surface area contributed by atoms with Gasteiger partial charge in [-0.1, -0.05) is 0 Å². The zero-order chi connectivity index (χ0) is 3.58. The van der Waals surface area contributed by atoms with E-state index >= 15 is 0 Å².